The first-order chi connectivity index (χ1) is 13.8. The predicted molar refractivity (Wildman–Crippen MR) is 101 cm³/mol. The summed E-state index contributed by atoms with van der Waals surface area (Å²) in [5.74, 6) is 1.09. The second-order valence-corrected chi connectivity index (χ2v) is 6.60. The number of hydrogen-bond donors (Lipinski definition) is 2. The number of pyridine rings is 1. The quantitative estimate of drug-likeness (QED) is 0.727. The van der Waals surface area contributed by atoms with Crippen molar-refractivity contribution in [3.8, 4) is 22.8 Å². The number of fused-ring (bicyclic) bond motifs is 2. The van der Waals surface area contributed by atoms with Gasteiger partial charge in [-0.3, -0.25) is 14.9 Å². The molecule has 0 saturated carbocycles. The van der Waals surface area contributed by atoms with Crippen LogP contribution < -0.4 is 14.8 Å². The number of rotatable bonds is 3. The standard InChI is InChI=1S/C20H18N4O4/c25-20(23-14-7-13-11-26-4-3-16(13)21-9-14)15-10-22-24-19(15)12-1-2-17-18(8-12)28-6-5-27-17/h1-2,7-10H,3-6,11H2,(H,22,24)(H,23,25). The Bertz CT molecular complexity index is 1050. The van der Waals surface area contributed by atoms with E-state index < -0.39 is 0 Å². The first-order valence-corrected chi connectivity index (χ1v) is 9.08. The van der Waals surface area contributed by atoms with Crippen LogP contribution >= 0.6 is 0 Å². The summed E-state index contributed by atoms with van der Waals surface area (Å²) in [6.45, 7) is 2.23. The van der Waals surface area contributed by atoms with Crippen molar-refractivity contribution in [3.63, 3.8) is 0 Å². The molecule has 0 saturated heterocycles. The minimum atomic E-state index is -0.267. The molecule has 1 amide bonds. The van der Waals surface area contributed by atoms with Crippen molar-refractivity contribution in [1.29, 1.82) is 0 Å². The van der Waals surface area contributed by atoms with Crippen molar-refractivity contribution in [2.75, 3.05) is 25.1 Å². The van der Waals surface area contributed by atoms with Gasteiger partial charge in [-0.15, -0.1) is 0 Å². The fourth-order valence-corrected chi connectivity index (χ4v) is 3.38. The summed E-state index contributed by atoms with van der Waals surface area (Å²) in [5, 5.41) is 9.85. The van der Waals surface area contributed by atoms with E-state index in [4.69, 9.17) is 14.2 Å². The number of hydrogen-bond acceptors (Lipinski definition) is 6. The van der Waals surface area contributed by atoms with Crippen LogP contribution in [0.2, 0.25) is 0 Å². The SMILES string of the molecule is O=C(Nc1cnc2c(c1)COCC2)c1cn[nH]c1-c1ccc2c(c1)OCCO2. The number of nitrogens with one attached hydrogen (secondary N) is 2. The lowest BCUT2D eigenvalue weighted by Crippen LogP contribution is -2.16. The number of H-pyrrole nitrogens is 1. The van der Waals surface area contributed by atoms with Gasteiger partial charge in [0.15, 0.2) is 11.5 Å². The summed E-state index contributed by atoms with van der Waals surface area (Å²) in [5.41, 5.74) is 4.50. The molecule has 8 nitrogen and oxygen atoms in total. The minimum Gasteiger partial charge on any atom is -0.486 e. The molecule has 1 aromatic carbocycles. The molecule has 2 aliphatic heterocycles. The zero-order valence-electron chi connectivity index (χ0n) is 15.0. The summed E-state index contributed by atoms with van der Waals surface area (Å²) >= 11 is 0. The molecule has 0 spiro atoms. The Hall–Kier alpha value is -3.39. The van der Waals surface area contributed by atoms with Gasteiger partial charge in [-0.05, 0) is 24.3 Å². The number of amides is 1. The maximum absolute atomic E-state index is 12.8. The number of anilines is 1. The Balaban J connectivity index is 1.40. The van der Waals surface area contributed by atoms with Gasteiger partial charge >= 0.3 is 0 Å². The van der Waals surface area contributed by atoms with E-state index in [0.717, 1.165) is 23.2 Å². The fourth-order valence-electron chi connectivity index (χ4n) is 3.38. The Kier molecular flexibility index (Phi) is 4.17. The largest absolute Gasteiger partial charge is 0.486 e. The summed E-state index contributed by atoms with van der Waals surface area (Å²) in [6.07, 6.45) is 3.97. The lowest BCUT2D eigenvalue weighted by Gasteiger charge is -2.19. The predicted octanol–water partition coefficient (Wildman–Crippen LogP) is 2.57. The lowest BCUT2D eigenvalue weighted by atomic mass is 10.1. The molecule has 0 unspecified atom stereocenters. The third kappa shape index (κ3) is 3.07. The molecule has 28 heavy (non-hydrogen) atoms. The van der Waals surface area contributed by atoms with Crippen LogP contribution in [-0.2, 0) is 17.8 Å². The first-order valence-electron chi connectivity index (χ1n) is 9.08. The van der Waals surface area contributed by atoms with Crippen LogP contribution in [0.1, 0.15) is 21.6 Å². The molecule has 3 aromatic rings. The third-order valence-corrected chi connectivity index (χ3v) is 4.77. The van der Waals surface area contributed by atoms with Crippen molar-refractivity contribution in [1.82, 2.24) is 15.2 Å². The van der Waals surface area contributed by atoms with Crippen LogP contribution in [-0.4, -0.2) is 40.9 Å². The van der Waals surface area contributed by atoms with E-state index in [1.165, 1.54) is 6.20 Å². The molecule has 2 aromatic heterocycles. The van der Waals surface area contributed by atoms with Crippen molar-refractivity contribution in [2.45, 2.75) is 13.0 Å². The summed E-state index contributed by atoms with van der Waals surface area (Å²) in [7, 11) is 0. The van der Waals surface area contributed by atoms with Gasteiger partial charge in [-0.1, -0.05) is 0 Å². The van der Waals surface area contributed by atoms with Crippen molar-refractivity contribution >= 4 is 11.6 Å². The van der Waals surface area contributed by atoms with Crippen molar-refractivity contribution in [2.24, 2.45) is 0 Å². The molecule has 2 N–H and O–H groups in total. The van der Waals surface area contributed by atoms with Crippen molar-refractivity contribution < 1.29 is 19.0 Å². The topological polar surface area (TPSA) is 98.4 Å². The Morgan fingerprint density at radius 2 is 1.96 bits per heavy atom. The van der Waals surface area contributed by atoms with Crippen LogP contribution in [0.4, 0.5) is 5.69 Å². The average molecular weight is 378 g/mol. The number of carbonyl (C=O) groups excluding carboxylic acids is 1. The van der Waals surface area contributed by atoms with Gasteiger partial charge in [0, 0.05) is 23.2 Å². The molecule has 2 aliphatic rings. The second kappa shape index (κ2) is 6.97. The van der Waals surface area contributed by atoms with Gasteiger partial charge in [0.2, 0.25) is 0 Å². The highest BCUT2D eigenvalue weighted by Gasteiger charge is 2.19. The minimum absolute atomic E-state index is 0.267. The average Bonchev–Trinajstić information content (AvgIpc) is 3.23. The van der Waals surface area contributed by atoms with Gasteiger partial charge in [-0.2, -0.15) is 5.10 Å². The zero-order chi connectivity index (χ0) is 18.9. The number of aromatic nitrogens is 3. The molecular formula is C20H18N4O4. The van der Waals surface area contributed by atoms with Gasteiger partial charge in [0.05, 0.1) is 42.6 Å². The van der Waals surface area contributed by atoms with E-state index in [-0.39, 0.29) is 5.91 Å². The number of carbonyl (C=O) groups is 1. The smallest absolute Gasteiger partial charge is 0.259 e. The van der Waals surface area contributed by atoms with E-state index in [0.29, 0.717) is 54.9 Å². The van der Waals surface area contributed by atoms with E-state index in [1.807, 2.05) is 24.3 Å². The van der Waals surface area contributed by atoms with Crippen LogP contribution in [0.3, 0.4) is 0 Å². The third-order valence-electron chi connectivity index (χ3n) is 4.77. The summed E-state index contributed by atoms with van der Waals surface area (Å²) in [4.78, 5) is 17.3. The molecule has 5 rings (SSSR count). The number of ether oxygens (including phenoxy) is 3. The Morgan fingerprint density at radius 3 is 2.89 bits per heavy atom. The van der Waals surface area contributed by atoms with Gasteiger partial charge in [-0.25, -0.2) is 0 Å². The number of aromatic amines is 1. The highest BCUT2D eigenvalue weighted by Crippen LogP contribution is 2.35. The monoisotopic (exact) mass is 378 g/mol. The summed E-state index contributed by atoms with van der Waals surface area (Å²) < 4.78 is 16.6. The van der Waals surface area contributed by atoms with Crippen LogP contribution in [0.5, 0.6) is 11.5 Å². The van der Waals surface area contributed by atoms with E-state index >= 15 is 0 Å². The van der Waals surface area contributed by atoms with E-state index in [1.54, 1.807) is 6.20 Å². The van der Waals surface area contributed by atoms with Gasteiger partial charge in [0.25, 0.3) is 5.91 Å². The highest BCUT2D eigenvalue weighted by molar-refractivity contribution is 6.08. The highest BCUT2D eigenvalue weighted by atomic mass is 16.6. The van der Waals surface area contributed by atoms with E-state index in [2.05, 4.69) is 20.5 Å². The maximum atomic E-state index is 12.8. The van der Waals surface area contributed by atoms with Crippen LogP contribution in [0, 0.1) is 0 Å². The van der Waals surface area contributed by atoms with Gasteiger partial charge < -0.3 is 19.5 Å². The molecule has 4 heterocycles. The lowest BCUT2D eigenvalue weighted by molar-refractivity contribution is 0.102. The number of nitrogens with zero attached hydrogens (tertiary/aromatic N) is 2. The fraction of sp³-hybridized carbons (Fsp3) is 0.250. The Labute approximate surface area is 160 Å². The molecule has 0 atom stereocenters. The first kappa shape index (κ1) is 16.8. The normalized spacial score (nSPS) is 15.0. The molecule has 142 valence electrons. The zero-order valence-corrected chi connectivity index (χ0v) is 15.0. The molecule has 8 heteroatoms. The van der Waals surface area contributed by atoms with Crippen molar-refractivity contribution in [3.05, 3.63) is 53.5 Å². The molecule has 0 radical (unpaired) electrons. The van der Waals surface area contributed by atoms with Crippen LogP contribution in [0.25, 0.3) is 11.3 Å². The maximum Gasteiger partial charge on any atom is 0.259 e. The molecule has 0 fully saturated rings. The molecular weight excluding hydrogens is 360 g/mol. The second-order valence-electron chi connectivity index (χ2n) is 6.60. The Morgan fingerprint density at radius 1 is 1.07 bits per heavy atom. The molecule has 0 aliphatic carbocycles. The number of benzene rings is 1. The summed E-state index contributed by atoms with van der Waals surface area (Å²) in [6, 6.07) is 7.45. The van der Waals surface area contributed by atoms with Gasteiger partial charge in [0.1, 0.15) is 13.2 Å². The van der Waals surface area contributed by atoms with Crippen LogP contribution in [0.15, 0.2) is 36.7 Å². The van der Waals surface area contributed by atoms with E-state index in [9.17, 15) is 4.79 Å². The molecule has 0 bridgehead atoms.